The van der Waals surface area contributed by atoms with Crippen LogP contribution in [-0.2, 0) is 14.3 Å². The molecule has 0 spiro atoms. The number of amides is 2. The topological polar surface area (TPSA) is 71.0 Å². The standard InChI is InChI=1S/C26H31N3O3S/c1-16-8-5-9-17(2)23(16)27-22(30)14-21-25(31)29(15-20-12-7-13-32-20)26(33-21)28-24-18(3)10-6-11-19(24)4/h5-6,8-11,20-21H,7,12-15H2,1-4H3,(H,27,30). The number of nitrogens with one attached hydrogen (secondary N) is 1. The number of aliphatic imine (C=N–C) groups is 1. The van der Waals surface area contributed by atoms with E-state index < -0.39 is 5.25 Å². The Morgan fingerprint density at radius 2 is 1.73 bits per heavy atom. The number of amidine groups is 1. The van der Waals surface area contributed by atoms with Crippen LogP contribution in [0, 0.1) is 27.7 Å². The minimum Gasteiger partial charge on any atom is -0.376 e. The zero-order chi connectivity index (χ0) is 23.5. The molecule has 2 aromatic carbocycles. The summed E-state index contributed by atoms with van der Waals surface area (Å²) in [5, 5.41) is 3.16. The molecule has 2 aromatic rings. The fraction of sp³-hybridized carbons (Fsp3) is 0.423. The molecule has 0 saturated carbocycles. The third-order valence-electron chi connectivity index (χ3n) is 6.19. The summed E-state index contributed by atoms with van der Waals surface area (Å²) in [6.45, 7) is 9.18. The molecular weight excluding hydrogens is 434 g/mol. The highest BCUT2D eigenvalue weighted by atomic mass is 32.2. The van der Waals surface area contributed by atoms with E-state index in [0.29, 0.717) is 11.7 Å². The van der Waals surface area contributed by atoms with Gasteiger partial charge in [-0.15, -0.1) is 0 Å². The lowest BCUT2D eigenvalue weighted by Crippen LogP contribution is -2.38. The largest absolute Gasteiger partial charge is 0.376 e. The Morgan fingerprint density at radius 3 is 2.33 bits per heavy atom. The molecule has 33 heavy (non-hydrogen) atoms. The number of thioether (sulfide) groups is 1. The van der Waals surface area contributed by atoms with E-state index >= 15 is 0 Å². The van der Waals surface area contributed by atoms with Crippen molar-refractivity contribution in [1.29, 1.82) is 0 Å². The molecule has 2 amide bonds. The second kappa shape index (κ2) is 10.1. The SMILES string of the molecule is Cc1cccc(C)c1N=C1SC(CC(=O)Nc2c(C)cccc2C)C(=O)N1CC1CCCO1. The van der Waals surface area contributed by atoms with Crippen LogP contribution in [0.15, 0.2) is 41.4 Å². The van der Waals surface area contributed by atoms with E-state index in [0.717, 1.165) is 53.1 Å². The molecule has 0 bridgehead atoms. The lowest BCUT2D eigenvalue weighted by atomic mass is 10.1. The van der Waals surface area contributed by atoms with Crippen LogP contribution in [0.5, 0.6) is 0 Å². The van der Waals surface area contributed by atoms with Crippen molar-refractivity contribution >= 4 is 40.1 Å². The molecule has 1 N–H and O–H groups in total. The second-order valence-electron chi connectivity index (χ2n) is 8.84. The number of hydrogen-bond donors (Lipinski definition) is 1. The number of carbonyl (C=O) groups is 2. The number of benzene rings is 2. The number of para-hydroxylation sites is 2. The molecule has 0 aliphatic carbocycles. The third-order valence-corrected chi connectivity index (χ3v) is 7.37. The van der Waals surface area contributed by atoms with Crippen LogP contribution in [0.25, 0.3) is 0 Å². The average molecular weight is 466 g/mol. The van der Waals surface area contributed by atoms with Crippen LogP contribution in [0.2, 0.25) is 0 Å². The fourth-order valence-electron chi connectivity index (χ4n) is 4.33. The molecule has 6 nitrogen and oxygen atoms in total. The maximum absolute atomic E-state index is 13.4. The zero-order valence-corrected chi connectivity index (χ0v) is 20.5. The first kappa shape index (κ1) is 23.5. The highest BCUT2D eigenvalue weighted by Crippen LogP contribution is 2.35. The van der Waals surface area contributed by atoms with Gasteiger partial charge in [-0.3, -0.25) is 14.5 Å². The monoisotopic (exact) mass is 465 g/mol. The predicted molar refractivity (Wildman–Crippen MR) is 134 cm³/mol. The molecule has 2 aliphatic heterocycles. The summed E-state index contributed by atoms with van der Waals surface area (Å²) < 4.78 is 5.79. The Bertz CT molecular complexity index is 1050. The summed E-state index contributed by atoms with van der Waals surface area (Å²) >= 11 is 1.38. The van der Waals surface area contributed by atoms with Gasteiger partial charge in [-0.2, -0.15) is 0 Å². The smallest absolute Gasteiger partial charge is 0.242 e. The minimum atomic E-state index is -0.501. The molecule has 2 atom stereocenters. The summed E-state index contributed by atoms with van der Waals surface area (Å²) in [6.07, 6.45) is 2.05. The van der Waals surface area contributed by atoms with Gasteiger partial charge in [-0.05, 0) is 62.8 Å². The Kier molecular flexibility index (Phi) is 7.20. The number of nitrogens with zero attached hydrogens (tertiary/aromatic N) is 2. The van der Waals surface area contributed by atoms with E-state index in [9.17, 15) is 9.59 Å². The van der Waals surface area contributed by atoms with Gasteiger partial charge in [0.25, 0.3) is 0 Å². The van der Waals surface area contributed by atoms with Crippen molar-refractivity contribution in [2.45, 2.75) is 58.3 Å². The van der Waals surface area contributed by atoms with Gasteiger partial charge in [0.1, 0.15) is 5.25 Å². The lowest BCUT2D eigenvalue weighted by molar-refractivity contribution is -0.129. The van der Waals surface area contributed by atoms with Gasteiger partial charge in [0.15, 0.2) is 5.17 Å². The van der Waals surface area contributed by atoms with Gasteiger partial charge in [0, 0.05) is 18.7 Å². The van der Waals surface area contributed by atoms with Gasteiger partial charge in [-0.1, -0.05) is 48.2 Å². The molecule has 0 radical (unpaired) electrons. The molecule has 2 aliphatic rings. The minimum absolute atomic E-state index is 0.0138. The van der Waals surface area contributed by atoms with Crippen LogP contribution >= 0.6 is 11.8 Å². The van der Waals surface area contributed by atoms with Crippen LogP contribution in [0.3, 0.4) is 0 Å². The molecule has 2 unspecified atom stereocenters. The van der Waals surface area contributed by atoms with Crippen molar-refractivity contribution in [3.63, 3.8) is 0 Å². The first-order valence-corrected chi connectivity index (χ1v) is 12.3. The molecule has 0 aromatic heterocycles. The Balaban J connectivity index is 1.56. The van der Waals surface area contributed by atoms with Crippen LogP contribution in [-0.4, -0.2) is 46.4 Å². The van der Waals surface area contributed by atoms with E-state index in [4.69, 9.17) is 9.73 Å². The van der Waals surface area contributed by atoms with E-state index in [1.807, 2.05) is 64.1 Å². The quantitative estimate of drug-likeness (QED) is 0.647. The summed E-state index contributed by atoms with van der Waals surface area (Å²) in [5.74, 6) is -0.235. The number of hydrogen-bond acceptors (Lipinski definition) is 5. The Hall–Kier alpha value is -2.64. The van der Waals surface area contributed by atoms with Gasteiger partial charge < -0.3 is 10.1 Å². The Labute approximate surface area is 199 Å². The number of rotatable bonds is 6. The Morgan fingerprint density at radius 1 is 1.09 bits per heavy atom. The van der Waals surface area contributed by atoms with Crippen molar-refractivity contribution in [2.24, 2.45) is 4.99 Å². The molecule has 2 saturated heterocycles. The molecule has 2 fully saturated rings. The van der Waals surface area contributed by atoms with E-state index in [-0.39, 0.29) is 24.3 Å². The van der Waals surface area contributed by atoms with E-state index in [1.54, 1.807) is 4.90 Å². The second-order valence-corrected chi connectivity index (χ2v) is 10.0. The van der Waals surface area contributed by atoms with Crippen molar-refractivity contribution in [3.05, 3.63) is 58.7 Å². The number of ether oxygens (including phenoxy) is 1. The van der Waals surface area contributed by atoms with Crippen LogP contribution < -0.4 is 5.32 Å². The van der Waals surface area contributed by atoms with Crippen molar-refractivity contribution in [3.8, 4) is 0 Å². The van der Waals surface area contributed by atoms with E-state index in [2.05, 4.69) is 5.32 Å². The number of aryl methyl sites for hydroxylation is 4. The molecular formula is C26H31N3O3S. The van der Waals surface area contributed by atoms with Crippen molar-refractivity contribution in [2.75, 3.05) is 18.5 Å². The highest BCUT2D eigenvalue weighted by molar-refractivity contribution is 8.15. The first-order chi connectivity index (χ1) is 15.8. The molecule has 4 rings (SSSR count). The lowest BCUT2D eigenvalue weighted by Gasteiger charge is -2.20. The van der Waals surface area contributed by atoms with Gasteiger partial charge in [0.05, 0.1) is 18.3 Å². The normalized spacial score (nSPS) is 21.8. The number of anilines is 1. The molecule has 174 valence electrons. The predicted octanol–water partition coefficient (Wildman–Crippen LogP) is 5.06. The zero-order valence-electron chi connectivity index (χ0n) is 19.7. The van der Waals surface area contributed by atoms with E-state index in [1.165, 1.54) is 11.8 Å². The first-order valence-electron chi connectivity index (χ1n) is 11.4. The van der Waals surface area contributed by atoms with Crippen LogP contribution in [0.1, 0.15) is 41.5 Å². The average Bonchev–Trinajstić information content (AvgIpc) is 3.38. The van der Waals surface area contributed by atoms with Crippen molar-refractivity contribution < 1.29 is 14.3 Å². The summed E-state index contributed by atoms with van der Waals surface area (Å²) in [7, 11) is 0. The van der Waals surface area contributed by atoms with Crippen LogP contribution in [0.4, 0.5) is 11.4 Å². The highest BCUT2D eigenvalue weighted by Gasteiger charge is 2.40. The third kappa shape index (κ3) is 5.31. The summed E-state index contributed by atoms with van der Waals surface area (Å²) in [4.78, 5) is 32.9. The van der Waals surface area contributed by atoms with Gasteiger partial charge >= 0.3 is 0 Å². The maximum atomic E-state index is 13.4. The van der Waals surface area contributed by atoms with Gasteiger partial charge in [0.2, 0.25) is 11.8 Å². The van der Waals surface area contributed by atoms with Gasteiger partial charge in [-0.25, -0.2) is 4.99 Å². The molecule has 2 heterocycles. The summed E-state index contributed by atoms with van der Waals surface area (Å²) in [5.41, 5.74) is 5.83. The maximum Gasteiger partial charge on any atom is 0.242 e. The van der Waals surface area contributed by atoms with Crippen molar-refractivity contribution in [1.82, 2.24) is 4.90 Å². The fourth-order valence-corrected chi connectivity index (χ4v) is 5.49. The summed E-state index contributed by atoms with van der Waals surface area (Å²) in [6, 6.07) is 12.0. The molecule has 7 heteroatoms. The number of carbonyl (C=O) groups excluding carboxylic acids is 2.